The van der Waals surface area contributed by atoms with Crippen LogP contribution in [0.5, 0.6) is 5.75 Å². The number of carbonyl (C=O) groups excluding carboxylic acids is 1. The first-order chi connectivity index (χ1) is 11.8. The van der Waals surface area contributed by atoms with E-state index in [2.05, 4.69) is 29.6 Å². The predicted octanol–water partition coefficient (Wildman–Crippen LogP) is 5.01. The molecule has 0 unspecified atom stereocenters. The fraction of sp³-hybridized carbons (Fsp3) is 0.150. The summed E-state index contributed by atoms with van der Waals surface area (Å²) in [6.45, 7) is 0.676. The van der Waals surface area contributed by atoms with Crippen LogP contribution in [0, 0.1) is 0 Å². The van der Waals surface area contributed by atoms with Gasteiger partial charge in [-0.25, -0.2) is 0 Å². The summed E-state index contributed by atoms with van der Waals surface area (Å²) in [5.74, 6) is 0.735. The fourth-order valence-electron chi connectivity index (χ4n) is 2.35. The quantitative estimate of drug-likeness (QED) is 0.615. The van der Waals surface area contributed by atoms with E-state index in [9.17, 15) is 4.79 Å². The number of anilines is 1. The summed E-state index contributed by atoms with van der Waals surface area (Å²) < 4.78 is 5.75. The van der Waals surface area contributed by atoms with Crippen LogP contribution in [0.1, 0.15) is 21.7 Å². The molecule has 3 rings (SSSR count). The van der Waals surface area contributed by atoms with E-state index in [0.29, 0.717) is 11.5 Å². The highest BCUT2D eigenvalue weighted by molar-refractivity contribution is 7.12. The van der Waals surface area contributed by atoms with Crippen molar-refractivity contribution in [1.29, 1.82) is 0 Å². The Labute approximate surface area is 145 Å². The minimum Gasteiger partial charge on any atom is -0.494 e. The number of benzene rings is 2. The Kier molecular flexibility index (Phi) is 5.64. The van der Waals surface area contributed by atoms with Gasteiger partial charge in [0.15, 0.2) is 0 Å². The first-order valence-corrected chi connectivity index (χ1v) is 8.81. The summed E-state index contributed by atoms with van der Waals surface area (Å²) in [7, 11) is 0. The molecule has 0 saturated carbocycles. The maximum atomic E-state index is 12.0. The average Bonchev–Trinajstić information content (AvgIpc) is 3.16. The maximum absolute atomic E-state index is 12.0. The van der Waals surface area contributed by atoms with Crippen LogP contribution < -0.4 is 10.1 Å². The van der Waals surface area contributed by atoms with E-state index < -0.39 is 0 Å². The second-order valence-corrected chi connectivity index (χ2v) is 6.34. The summed E-state index contributed by atoms with van der Waals surface area (Å²) in [4.78, 5) is 12.7. The zero-order valence-corrected chi connectivity index (χ0v) is 14.1. The van der Waals surface area contributed by atoms with Crippen LogP contribution in [0.25, 0.3) is 0 Å². The summed E-state index contributed by atoms with van der Waals surface area (Å²) in [5, 5.41) is 4.77. The van der Waals surface area contributed by atoms with Gasteiger partial charge >= 0.3 is 0 Å². The number of aryl methyl sites for hydroxylation is 1. The van der Waals surface area contributed by atoms with Crippen LogP contribution in [0.2, 0.25) is 0 Å². The van der Waals surface area contributed by atoms with Gasteiger partial charge in [-0.05, 0) is 54.1 Å². The first-order valence-electron chi connectivity index (χ1n) is 7.93. The Hall–Kier alpha value is -2.59. The molecule has 24 heavy (non-hydrogen) atoms. The van der Waals surface area contributed by atoms with Gasteiger partial charge in [-0.3, -0.25) is 4.79 Å². The van der Waals surface area contributed by atoms with E-state index >= 15 is 0 Å². The lowest BCUT2D eigenvalue weighted by Gasteiger charge is -2.08. The highest BCUT2D eigenvalue weighted by Crippen LogP contribution is 2.18. The Balaban J connectivity index is 1.44. The van der Waals surface area contributed by atoms with Gasteiger partial charge in [-0.15, -0.1) is 11.3 Å². The standard InChI is InChI=1S/C20H19NO2S/c22-20(19-9-5-15-24-19)21-17-10-12-18(13-11-17)23-14-4-8-16-6-2-1-3-7-16/h1-3,5-7,9-13,15H,4,8,14H2,(H,21,22). The molecule has 0 aliphatic heterocycles. The van der Waals surface area contributed by atoms with Gasteiger partial charge < -0.3 is 10.1 Å². The highest BCUT2D eigenvalue weighted by Gasteiger charge is 2.06. The molecule has 0 radical (unpaired) electrons. The molecule has 0 aliphatic rings. The van der Waals surface area contributed by atoms with Gasteiger partial charge in [0.25, 0.3) is 5.91 Å². The molecule has 0 spiro atoms. The van der Waals surface area contributed by atoms with E-state index in [4.69, 9.17) is 4.74 Å². The average molecular weight is 337 g/mol. The van der Waals surface area contributed by atoms with Crippen molar-refractivity contribution in [3.05, 3.63) is 82.6 Å². The Morgan fingerprint density at radius 1 is 0.958 bits per heavy atom. The zero-order valence-electron chi connectivity index (χ0n) is 13.3. The largest absolute Gasteiger partial charge is 0.494 e. The molecular weight excluding hydrogens is 318 g/mol. The Morgan fingerprint density at radius 3 is 2.46 bits per heavy atom. The monoisotopic (exact) mass is 337 g/mol. The van der Waals surface area contributed by atoms with E-state index in [-0.39, 0.29) is 5.91 Å². The van der Waals surface area contributed by atoms with Crippen molar-refractivity contribution in [3.63, 3.8) is 0 Å². The minimum absolute atomic E-state index is 0.0819. The lowest BCUT2D eigenvalue weighted by atomic mass is 10.1. The summed E-state index contributed by atoms with van der Waals surface area (Å²) in [5.41, 5.74) is 2.10. The van der Waals surface area contributed by atoms with Crippen LogP contribution >= 0.6 is 11.3 Å². The molecule has 3 aromatic rings. The van der Waals surface area contributed by atoms with Gasteiger partial charge in [-0.2, -0.15) is 0 Å². The van der Waals surface area contributed by atoms with Crippen LogP contribution in [-0.4, -0.2) is 12.5 Å². The van der Waals surface area contributed by atoms with Crippen molar-refractivity contribution in [2.24, 2.45) is 0 Å². The molecule has 2 aromatic carbocycles. The van der Waals surface area contributed by atoms with Crippen LogP contribution in [0.15, 0.2) is 72.1 Å². The lowest BCUT2D eigenvalue weighted by molar-refractivity contribution is 0.103. The second-order valence-electron chi connectivity index (χ2n) is 5.39. The molecular formula is C20H19NO2S. The van der Waals surface area contributed by atoms with E-state index in [1.807, 2.05) is 47.8 Å². The van der Waals surface area contributed by atoms with Crippen molar-refractivity contribution >= 4 is 22.9 Å². The molecule has 0 fully saturated rings. The van der Waals surface area contributed by atoms with E-state index in [0.717, 1.165) is 24.3 Å². The molecule has 1 N–H and O–H groups in total. The van der Waals surface area contributed by atoms with Gasteiger partial charge in [-0.1, -0.05) is 36.4 Å². The number of amides is 1. The molecule has 4 heteroatoms. The van der Waals surface area contributed by atoms with Crippen molar-refractivity contribution < 1.29 is 9.53 Å². The number of nitrogens with one attached hydrogen (secondary N) is 1. The second kappa shape index (κ2) is 8.31. The Morgan fingerprint density at radius 2 is 1.75 bits per heavy atom. The summed E-state index contributed by atoms with van der Waals surface area (Å²) >= 11 is 1.43. The zero-order chi connectivity index (χ0) is 16.6. The third-order valence-corrected chi connectivity index (χ3v) is 4.45. The molecule has 122 valence electrons. The van der Waals surface area contributed by atoms with Crippen LogP contribution in [0.4, 0.5) is 5.69 Å². The number of ether oxygens (including phenoxy) is 1. The van der Waals surface area contributed by atoms with Crippen LogP contribution in [-0.2, 0) is 6.42 Å². The molecule has 1 heterocycles. The molecule has 0 bridgehead atoms. The fourth-order valence-corrected chi connectivity index (χ4v) is 2.96. The van der Waals surface area contributed by atoms with Gasteiger partial charge in [0.2, 0.25) is 0 Å². The van der Waals surface area contributed by atoms with Gasteiger partial charge in [0, 0.05) is 5.69 Å². The summed E-state index contributed by atoms with van der Waals surface area (Å²) in [6.07, 6.45) is 1.98. The van der Waals surface area contributed by atoms with Gasteiger partial charge in [0.1, 0.15) is 5.75 Å². The molecule has 0 atom stereocenters. The number of rotatable bonds is 7. The molecule has 1 amide bonds. The van der Waals surface area contributed by atoms with Crippen molar-refractivity contribution in [2.45, 2.75) is 12.8 Å². The van der Waals surface area contributed by atoms with Crippen molar-refractivity contribution in [2.75, 3.05) is 11.9 Å². The summed E-state index contributed by atoms with van der Waals surface area (Å²) in [6, 6.07) is 21.6. The van der Waals surface area contributed by atoms with Crippen molar-refractivity contribution in [1.82, 2.24) is 0 Å². The third-order valence-electron chi connectivity index (χ3n) is 3.58. The molecule has 3 nitrogen and oxygen atoms in total. The molecule has 1 aromatic heterocycles. The normalized spacial score (nSPS) is 10.3. The van der Waals surface area contributed by atoms with Crippen LogP contribution in [0.3, 0.4) is 0 Å². The van der Waals surface area contributed by atoms with Crippen molar-refractivity contribution in [3.8, 4) is 5.75 Å². The number of hydrogen-bond acceptors (Lipinski definition) is 3. The predicted molar refractivity (Wildman–Crippen MR) is 99.0 cm³/mol. The number of carbonyl (C=O) groups is 1. The number of hydrogen-bond donors (Lipinski definition) is 1. The SMILES string of the molecule is O=C(Nc1ccc(OCCCc2ccccc2)cc1)c1cccs1. The smallest absolute Gasteiger partial charge is 0.265 e. The first kappa shape index (κ1) is 16.3. The Bertz CT molecular complexity index is 752. The highest BCUT2D eigenvalue weighted by atomic mass is 32.1. The topological polar surface area (TPSA) is 38.3 Å². The number of thiophene rings is 1. The van der Waals surface area contributed by atoms with Gasteiger partial charge in [0.05, 0.1) is 11.5 Å². The van der Waals surface area contributed by atoms with E-state index in [1.165, 1.54) is 16.9 Å². The minimum atomic E-state index is -0.0819. The maximum Gasteiger partial charge on any atom is 0.265 e. The third kappa shape index (κ3) is 4.70. The lowest BCUT2D eigenvalue weighted by Crippen LogP contribution is -2.09. The molecule has 0 saturated heterocycles. The van der Waals surface area contributed by atoms with E-state index in [1.54, 1.807) is 0 Å². The molecule has 0 aliphatic carbocycles.